The number of carbonyl (C=O) groups excluding carboxylic acids is 2. The van der Waals surface area contributed by atoms with E-state index in [0.29, 0.717) is 11.6 Å². The lowest BCUT2D eigenvalue weighted by Gasteiger charge is -2.09. The van der Waals surface area contributed by atoms with Crippen molar-refractivity contribution in [2.75, 3.05) is 12.5 Å². The lowest BCUT2D eigenvalue weighted by Crippen LogP contribution is -2.12. The fraction of sp³-hybridized carbons (Fsp3) is 0.923. The molecule has 0 rings (SSSR count). The summed E-state index contributed by atoms with van der Waals surface area (Å²) in [5, 5.41) is 0.501. The highest BCUT2D eigenvalue weighted by Crippen LogP contribution is 2.18. The highest BCUT2D eigenvalue weighted by Gasteiger charge is 2.11. The Morgan fingerprint density at radius 3 is 1.03 bits per heavy atom. The Morgan fingerprint density at radius 1 is 0.533 bits per heavy atom. The van der Waals surface area contributed by atoms with Crippen LogP contribution in [0.2, 0.25) is 0 Å². The Morgan fingerprint density at radius 2 is 0.800 bits per heavy atom. The third kappa shape index (κ3) is 22.7. The summed E-state index contributed by atoms with van der Waals surface area (Å²) in [7, 11) is 0. The average Bonchev–Trinajstić information content (AvgIpc) is 2.72. The molecule has 0 aliphatic rings. The van der Waals surface area contributed by atoms with Crippen molar-refractivity contribution in [3.8, 4) is 0 Å². The Hall–Kier alpha value is 0.0400. The summed E-state index contributed by atoms with van der Waals surface area (Å²) < 4.78 is 0. The number of carbonyl (C=O) groups is 2. The predicted molar refractivity (Wildman–Crippen MR) is 141 cm³/mol. The van der Waals surface area contributed by atoms with E-state index in [-0.39, 0.29) is 10.5 Å². The summed E-state index contributed by atoms with van der Waals surface area (Å²) in [6.45, 7) is 7.91. The summed E-state index contributed by atoms with van der Waals surface area (Å²) in [6.07, 6.45) is 24.9. The normalized spacial score (nSPS) is 12.7. The van der Waals surface area contributed by atoms with E-state index in [1.807, 2.05) is 12.5 Å². The van der Waals surface area contributed by atoms with Crippen LogP contribution in [0.5, 0.6) is 0 Å². The standard InChI is InChI=1S/2C13H26OS/c2*1-4-5-6-7-8-9-10-11-13(15-3)12(2)14/h2*13H,4-11H2,1-3H3. The van der Waals surface area contributed by atoms with Gasteiger partial charge in [-0.25, -0.2) is 0 Å². The van der Waals surface area contributed by atoms with E-state index in [1.54, 1.807) is 37.4 Å². The molecule has 0 spiro atoms. The molecule has 0 amide bonds. The van der Waals surface area contributed by atoms with Crippen molar-refractivity contribution in [1.29, 1.82) is 0 Å². The molecule has 4 heteroatoms. The van der Waals surface area contributed by atoms with Crippen LogP contribution in [0.15, 0.2) is 0 Å². The van der Waals surface area contributed by atoms with Gasteiger partial charge in [-0.15, -0.1) is 0 Å². The fourth-order valence-electron chi connectivity index (χ4n) is 3.55. The van der Waals surface area contributed by atoms with Gasteiger partial charge in [0.15, 0.2) is 0 Å². The van der Waals surface area contributed by atoms with Crippen molar-refractivity contribution in [3.05, 3.63) is 0 Å². The number of hydrogen-bond donors (Lipinski definition) is 0. The van der Waals surface area contributed by atoms with Crippen molar-refractivity contribution in [3.63, 3.8) is 0 Å². The van der Waals surface area contributed by atoms with Crippen LogP contribution in [-0.2, 0) is 9.59 Å². The Labute approximate surface area is 197 Å². The van der Waals surface area contributed by atoms with Crippen LogP contribution in [-0.4, -0.2) is 34.6 Å². The molecule has 0 radical (unpaired) electrons. The zero-order chi connectivity index (χ0) is 23.0. The minimum atomic E-state index is 0.251. The molecule has 30 heavy (non-hydrogen) atoms. The van der Waals surface area contributed by atoms with Crippen molar-refractivity contribution in [2.24, 2.45) is 0 Å². The van der Waals surface area contributed by atoms with Crippen LogP contribution in [0.25, 0.3) is 0 Å². The van der Waals surface area contributed by atoms with Crippen LogP contribution in [0.3, 0.4) is 0 Å². The molecule has 0 bridgehead atoms. The molecule has 0 aliphatic carbocycles. The van der Waals surface area contributed by atoms with E-state index >= 15 is 0 Å². The molecule has 180 valence electrons. The highest BCUT2D eigenvalue weighted by atomic mass is 32.2. The summed E-state index contributed by atoms with van der Waals surface area (Å²) in [5.41, 5.74) is 0. The zero-order valence-electron chi connectivity index (χ0n) is 21.1. The Bertz CT molecular complexity index is 349. The Kier molecular flexibility index (Phi) is 27.2. The summed E-state index contributed by atoms with van der Waals surface area (Å²) in [4.78, 5) is 22.3. The number of rotatable bonds is 20. The van der Waals surface area contributed by atoms with Gasteiger partial charge in [0.1, 0.15) is 11.6 Å². The molecule has 0 aromatic rings. The van der Waals surface area contributed by atoms with E-state index in [4.69, 9.17) is 0 Å². The smallest absolute Gasteiger partial charge is 0.142 e. The first-order valence-electron chi connectivity index (χ1n) is 12.5. The van der Waals surface area contributed by atoms with Gasteiger partial charge >= 0.3 is 0 Å². The Balaban J connectivity index is 0. The molecule has 0 fully saturated rings. The van der Waals surface area contributed by atoms with Crippen LogP contribution in [0, 0.1) is 0 Å². The van der Waals surface area contributed by atoms with Crippen LogP contribution in [0.4, 0.5) is 0 Å². The largest absolute Gasteiger partial charge is 0.299 e. The molecule has 0 saturated heterocycles. The first-order valence-corrected chi connectivity index (χ1v) is 15.1. The van der Waals surface area contributed by atoms with Crippen molar-refractivity contribution in [2.45, 2.75) is 141 Å². The maximum Gasteiger partial charge on any atom is 0.142 e. The van der Waals surface area contributed by atoms with Gasteiger partial charge in [0.05, 0.1) is 10.5 Å². The topological polar surface area (TPSA) is 34.1 Å². The number of ketones is 2. The first kappa shape index (κ1) is 32.2. The molecule has 0 saturated carbocycles. The molecule has 0 heterocycles. The summed E-state index contributed by atoms with van der Waals surface area (Å²) in [5.74, 6) is 0.682. The fourth-order valence-corrected chi connectivity index (χ4v) is 5.02. The van der Waals surface area contributed by atoms with E-state index in [0.717, 1.165) is 12.8 Å². The molecule has 0 aromatic carbocycles. The lowest BCUT2D eigenvalue weighted by atomic mass is 10.1. The van der Waals surface area contributed by atoms with Crippen LogP contribution < -0.4 is 0 Å². The van der Waals surface area contributed by atoms with E-state index in [9.17, 15) is 9.59 Å². The van der Waals surface area contributed by atoms with Gasteiger partial charge in [0, 0.05) is 0 Å². The molecule has 2 unspecified atom stereocenters. The number of Topliss-reactive ketones (excluding diaryl/α,β-unsaturated/α-hetero) is 2. The van der Waals surface area contributed by atoms with E-state index in [1.165, 1.54) is 89.9 Å². The predicted octanol–water partition coefficient (Wildman–Crippen LogP) is 8.90. The van der Waals surface area contributed by atoms with Gasteiger partial charge < -0.3 is 0 Å². The molecule has 2 nitrogen and oxygen atoms in total. The van der Waals surface area contributed by atoms with E-state index in [2.05, 4.69) is 13.8 Å². The second kappa shape index (κ2) is 25.3. The maximum absolute atomic E-state index is 11.2. The molecule has 0 N–H and O–H groups in total. The average molecular weight is 461 g/mol. The van der Waals surface area contributed by atoms with Crippen LogP contribution >= 0.6 is 23.5 Å². The molecule has 0 aromatic heterocycles. The molecular formula is C26H52O2S2. The highest BCUT2D eigenvalue weighted by molar-refractivity contribution is 8.00. The third-order valence-electron chi connectivity index (χ3n) is 5.62. The minimum Gasteiger partial charge on any atom is -0.299 e. The molecule has 0 aliphatic heterocycles. The molecular weight excluding hydrogens is 408 g/mol. The van der Waals surface area contributed by atoms with Gasteiger partial charge in [0.2, 0.25) is 0 Å². The van der Waals surface area contributed by atoms with Gasteiger partial charge in [-0.05, 0) is 39.2 Å². The number of hydrogen-bond acceptors (Lipinski definition) is 4. The van der Waals surface area contributed by atoms with Gasteiger partial charge in [-0.3, -0.25) is 9.59 Å². The maximum atomic E-state index is 11.2. The third-order valence-corrected chi connectivity index (χ3v) is 7.89. The van der Waals surface area contributed by atoms with Crippen LogP contribution in [0.1, 0.15) is 130 Å². The first-order chi connectivity index (χ1) is 14.4. The second-order valence-electron chi connectivity index (χ2n) is 8.49. The second-order valence-corrected chi connectivity index (χ2v) is 10.6. The summed E-state index contributed by atoms with van der Waals surface area (Å²) in [6, 6.07) is 0. The summed E-state index contributed by atoms with van der Waals surface area (Å²) >= 11 is 3.40. The lowest BCUT2D eigenvalue weighted by molar-refractivity contribution is -0.117. The SMILES string of the molecule is CCCCCCCCCC(SC)C(C)=O.CCCCCCCCCC(SC)C(C)=O. The zero-order valence-corrected chi connectivity index (χ0v) is 22.7. The quantitative estimate of drug-likeness (QED) is 0.170. The van der Waals surface area contributed by atoms with Gasteiger partial charge in [-0.2, -0.15) is 23.5 Å². The van der Waals surface area contributed by atoms with E-state index < -0.39 is 0 Å². The van der Waals surface area contributed by atoms with Gasteiger partial charge in [-0.1, -0.05) is 104 Å². The van der Waals surface area contributed by atoms with Crippen molar-refractivity contribution >= 4 is 35.1 Å². The number of thioether (sulfide) groups is 2. The molecule has 2 atom stereocenters. The van der Waals surface area contributed by atoms with Crippen molar-refractivity contribution in [1.82, 2.24) is 0 Å². The minimum absolute atomic E-state index is 0.251. The van der Waals surface area contributed by atoms with Gasteiger partial charge in [0.25, 0.3) is 0 Å². The monoisotopic (exact) mass is 460 g/mol. The van der Waals surface area contributed by atoms with Crippen molar-refractivity contribution < 1.29 is 9.59 Å². The number of unbranched alkanes of at least 4 members (excludes halogenated alkanes) is 12.